The highest BCUT2D eigenvalue weighted by molar-refractivity contribution is 5.91. The van der Waals surface area contributed by atoms with Crippen LogP contribution in [0.5, 0.6) is 0 Å². The zero-order chi connectivity index (χ0) is 19.3. The van der Waals surface area contributed by atoms with Gasteiger partial charge in [0, 0.05) is 38.2 Å². The van der Waals surface area contributed by atoms with E-state index in [1.807, 2.05) is 29.2 Å². The van der Waals surface area contributed by atoms with Crippen LogP contribution >= 0.6 is 0 Å². The maximum Gasteiger partial charge on any atom is 0.289 e. The van der Waals surface area contributed by atoms with E-state index < -0.39 is 0 Å². The van der Waals surface area contributed by atoms with E-state index in [-0.39, 0.29) is 5.91 Å². The van der Waals surface area contributed by atoms with E-state index in [0.717, 1.165) is 51.1 Å². The van der Waals surface area contributed by atoms with Crippen LogP contribution in [0.1, 0.15) is 28.4 Å². The molecule has 1 fully saturated rings. The summed E-state index contributed by atoms with van der Waals surface area (Å²) >= 11 is 0. The normalized spacial score (nSPS) is 15.1. The number of hydrogen-bond donors (Lipinski definition) is 0. The van der Waals surface area contributed by atoms with Crippen molar-refractivity contribution in [3.05, 3.63) is 59.9 Å². The van der Waals surface area contributed by atoms with E-state index in [0.29, 0.717) is 17.5 Å². The van der Waals surface area contributed by atoms with Gasteiger partial charge >= 0.3 is 0 Å². The van der Waals surface area contributed by atoms with Crippen molar-refractivity contribution < 1.29 is 13.7 Å². The molecule has 2 aromatic heterocycles. The van der Waals surface area contributed by atoms with Gasteiger partial charge in [-0.25, -0.2) is 0 Å². The van der Waals surface area contributed by atoms with Gasteiger partial charge in [-0.15, -0.1) is 0 Å². The summed E-state index contributed by atoms with van der Waals surface area (Å²) < 4.78 is 10.6. The number of nitrogens with zero attached hydrogens (tertiary/aromatic N) is 4. The Labute approximate surface area is 163 Å². The fraction of sp³-hybridized carbons (Fsp3) is 0.381. The predicted octanol–water partition coefficient (Wildman–Crippen LogP) is 3.03. The first-order valence-corrected chi connectivity index (χ1v) is 9.64. The van der Waals surface area contributed by atoms with Crippen molar-refractivity contribution in [3.63, 3.8) is 0 Å². The first-order chi connectivity index (χ1) is 13.7. The second-order valence-corrected chi connectivity index (χ2v) is 7.09. The Morgan fingerprint density at radius 1 is 1.11 bits per heavy atom. The van der Waals surface area contributed by atoms with Crippen LogP contribution in [0.25, 0.3) is 11.4 Å². The largest absolute Gasteiger partial charge is 0.459 e. The Morgan fingerprint density at radius 2 is 1.89 bits per heavy atom. The van der Waals surface area contributed by atoms with Crippen molar-refractivity contribution in [2.45, 2.75) is 19.8 Å². The number of benzene rings is 1. The molecule has 146 valence electrons. The molecular weight excluding hydrogens is 356 g/mol. The predicted molar refractivity (Wildman–Crippen MR) is 104 cm³/mol. The second-order valence-electron chi connectivity index (χ2n) is 7.09. The van der Waals surface area contributed by atoms with Gasteiger partial charge in [-0.3, -0.25) is 9.69 Å². The molecule has 0 spiro atoms. The number of carbonyl (C=O) groups is 1. The van der Waals surface area contributed by atoms with E-state index in [2.05, 4.69) is 22.0 Å². The molecule has 0 saturated carbocycles. The SMILES string of the molecule is Cc1ccc(-c2noc(CCCN3CCN(C(=O)c4ccco4)CC3)n2)cc1. The molecule has 1 saturated heterocycles. The maximum absolute atomic E-state index is 12.3. The van der Waals surface area contributed by atoms with Crippen molar-refractivity contribution in [1.82, 2.24) is 19.9 Å². The Kier molecular flexibility index (Phi) is 5.53. The molecule has 1 aliphatic heterocycles. The molecule has 0 aliphatic carbocycles. The minimum Gasteiger partial charge on any atom is -0.459 e. The number of carbonyl (C=O) groups excluding carboxylic acids is 1. The zero-order valence-corrected chi connectivity index (χ0v) is 16.0. The summed E-state index contributed by atoms with van der Waals surface area (Å²) in [6.07, 6.45) is 3.23. The lowest BCUT2D eigenvalue weighted by atomic mass is 10.1. The summed E-state index contributed by atoms with van der Waals surface area (Å²) in [7, 11) is 0. The second kappa shape index (κ2) is 8.39. The molecule has 7 nitrogen and oxygen atoms in total. The van der Waals surface area contributed by atoms with Crippen LogP contribution in [0, 0.1) is 6.92 Å². The average molecular weight is 380 g/mol. The molecule has 1 aromatic carbocycles. The summed E-state index contributed by atoms with van der Waals surface area (Å²) in [5, 5.41) is 4.08. The third kappa shape index (κ3) is 4.31. The van der Waals surface area contributed by atoms with Crippen LogP contribution in [-0.2, 0) is 6.42 Å². The molecular formula is C21H24N4O3. The number of aryl methyl sites for hydroxylation is 2. The molecule has 3 heterocycles. The van der Waals surface area contributed by atoms with Crippen molar-refractivity contribution >= 4 is 5.91 Å². The summed E-state index contributed by atoms with van der Waals surface area (Å²) in [4.78, 5) is 21.0. The van der Waals surface area contributed by atoms with Crippen molar-refractivity contribution in [3.8, 4) is 11.4 Å². The summed E-state index contributed by atoms with van der Waals surface area (Å²) in [5.41, 5.74) is 2.18. The number of amides is 1. The average Bonchev–Trinajstić information content (AvgIpc) is 3.41. The molecule has 3 aromatic rings. The Balaban J connectivity index is 1.21. The maximum atomic E-state index is 12.3. The highest BCUT2D eigenvalue weighted by Crippen LogP contribution is 2.17. The number of hydrogen-bond acceptors (Lipinski definition) is 6. The van der Waals surface area contributed by atoms with E-state index in [4.69, 9.17) is 8.94 Å². The lowest BCUT2D eigenvalue weighted by Gasteiger charge is -2.34. The Hall–Kier alpha value is -2.93. The minimum atomic E-state index is -0.0286. The van der Waals surface area contributed by atoms with Gasteiger partial charge in [-0.05, 0) is 32.0 Å². The van der Waals surface area contributed by atoms with Crippen LogP contribution < -0.4 is 0 Å². The molecule has 0 N–H and O–H groups in total. The van der Waals surface area contributed by atoms with Crippen LogP contribution in [0.3, 0.4) is 0 Å². The zero-order valence-electron chi connectivity index (χ0n) is 16.0. The van der Waals surface area contributed by atoms with E-state index in [1.165, 1.54) is 11.8 Å². The van der Waals surface area contributed by atoms with Gasteiger partial charge < -0.3 is 13.8 Å². The molecule has 0 radical (unpaired) electrons. The van der Waals surface area contributed by atoms with Gasteiger partial charge in [-0.2, -0.15) is 4.98 Å². The molecule has 0 bridgehead atoms. The van der Waals surface area contributed by atoms with Crippen molar-refractivity contribution in [1.29, 1.82) is 0 Å². The minimum absolute atomic E-state index is 0.0286. The molecule has 0 atom stereocenters. The quantitative estimate of drug-likeness (QED) is 0.654. The summed E-state index contributed by atoms with van der Waals surface area (Å²) in [6, 6.07) is 11.6. The van der Waals surface area contributed by atoms with Crippen LogP contribution in [0.15, 0.2) is 51.6 Å². The highest BCUT2D eigenvalue weighted by atomic mass is 16.5. The third-order valence-electron chi connectivity index (χ3n) is 5.03. The Bertz CT molecular complexity index is 894. The molecule has 28 heavy (non-hydrogen) atoms. The first kappa shape index (κ1) is 18.4. The summed E-state index contributed by atoms with van der Waals surface area (Å²) in [5.74, 6) is 1.69. The summed E-state index contributed by atoms with van der Waals surface area (Å²) in [6.45, 7) is 6.17. The monoisotopic (exact) mass is 380 g/mol. The molecule has 7 heteroatoms. The van der Waals surface area contributed by atoms with Gasteiger partial charge in [-0.1, -0.05) is 35.0 Å². The van der Waals surface area contributed by atoms with Crippen LogP contribution in [-0.4, -0.2) is 58.6 Å². The topological polar surface area (TPSA) is 75.6 Å². The van der Waals surface area contributed by atoms with Gasteiger partial charge in [0.05, 0.1) is 6.26 Å². The number of furan rings is 1. The van der Waals surface area contributed by atoms with E-state index >= 15 is 0 Å². The molecule has 0 unspecified atom stereocenters. The fourth-order valence-corrected chi connectivity index (χ4v) is 3.36. The van der Waals surface area contributed by atoms with Gasteiger partial charge in [0.1, 0.15) is 0 Å². The van der Waals surface area contributed by atoms with Crippen molar-refractivity contribution in [2.75, 3.05) is 32.7 Å². The van der Waals surface area contributed by atoms with Gasteiger partial charge in [0.15, 0.2) is 5.76 Å². The first-order valence-electron chi connectivity index (χ1n) is 9.64. The lowest BCUT2D eigenvalue weighted by molar-refractivity contribution is 0.0605. The van der Waals surface area contributed by atoms with E-state index in [9.17, 15) is 4.79 Å². The smallest absolute Gasteiger partial charge is 0.289 e. The molecule has 4 rings (SSSR count). The van der Waals surface area contributed by atoms with Crippen molar-refractivity contribution in [2.24, 2.45) is 0 Å². The lowest BCUT2D eigenvalue weighted by Crippen LogP contribution is -2.48. The Morgan fingerprint density at radius 3 is 2.61 bits per heavy atom. The van der Waals surface area contributed by atoms with Gasteiger partial charge in [0.25, 0.3) is 5.91 Å². The number of rotatable bonds is 6. The number of piperazine rings is 1. The standard InChI is InChI=1S/C21H24N4O3/c1-16-6-8-17(9-7-16)20-22-19(28-23-20)5-2-10-24-11-13-25(14-12-24)21(26)18-4-3-15-27-18/h3-4,6-9,15H,2,5,10-14H2,1H3. The van der Waals surface area contributed by atoms with Crippen LogP contribution in [0.2, 0.25) is 0 Å². The molecule has 1 aliphatic rings. The number of aromatic nitrogens is 2. The highest BCUT2D eigenvalue weighted by Gasteiger charge is 2.23. The van der Waals surface area contributed by atoms with Gasteiger partial charge in [0.2, 0.25) is 11.7 Å². The van der Waals surface area contributed by atoms with Crippen LogP contribution in [0.4, 0.5) is 0 Å². The molecule has 1 amide bonds. The van der Waals surface area contributed by atoms with E-state index in [1.54, 1.807) is 12.1 Å². The fourth-order valence-electron chi connectivity index (χ4n) is 3.36. The third-order valence-corrected chi connectivity index (χ3v) is 5.03.